The third-order valence-electron chi connectivity index (χ3n) is 3.49. The molecule has 0 amide bonds. The average molecular weight is 318 g/mol. The Labute approximate surface area is 125 Å². The van der Waals surface area contributed by atoms with Crippen molar-refractivity contribution in [3.05, 3.63) is 16.1 Å². The number of aliphatic hydroxyl groups is 1. The summed E-state index contributed by atoms with van der Waals surface area (Å²) in [5.41, 5.74) is 2.22. The number of rotatable bonds is 2. The summed E-state index contributed by atoms with van der Waals surface area (Å²) in [6.45, 7) is 0. The molecule has 0 radical (unpaired) electrons. The molecule has 0 unspecified atom stereocenters. The highest BCUT2D eigenvalue weighted by Gasteiger charge is 2.24. The first kappa shape index (κ1) is 13.4. The van der Waals surface area contributed by atoms with Crippen molar-refractivity contribution in [1.29, 1.82) is 0 Å². The molecule has 1 aliphatic heterocycles. The van der Waals surface area contributed by atoms with Crippen LogP contribution in [0.4, 0.5) is 17.1 Å². The van der Waals surface area contributed by atoms with E-state index in [4.69, 9.17) is 23.2 Å². The molecule has 0 atom stereocenters. The fraction of sp³-hybridized carbons (Fsp3) is 0.500. The van der Waals surface area contributed by atoms with E-state index in [0.29, 0.717) is 21.8 Å². The Bertz CT molecular complexity index is 579. The fourth-order valence-electron chi connectivity index (χ4n) is 2.44. The molecule has 4 nitrogen and oxygen atoms in total. The zero-order valence-electron chi connectivity index (χ0n) is 10.1. The van der Waals surface area contributed by atoms with Gasteiger partial charge in [-0.3, -0.25) is 0 Å². The van der Waals surface area contributed by atoms with Crippen LogP contribution in [0.5, 0.6) is 0 Å². The van der Waals surface area contributed by atoms with Crippen molar-refractivity contribution >= 4 is 51.6 Å². The number of aliphatic hydroxyl groups excluding tert-OH is 1. The molecular weight excluding hydrogens is 305 g/mol. The van der Waals surface area contributed by atoms with Crippen molar-refractivity contribution < 1.29 is 5.11 Å². The van der Waals surface area contributed by atoms with Gasteiger partial charge >= 0.3 is 0 Å². The Morgan fingerprint density at radius 2 is 1.79 bits per heavy atom. The predicted octanol–water partition coefficient (Wildman–Crippen LogP) is 4.44. The molecule has 3 rings (SSSR count). The summed E-state index contributed by atoms with van der Waals surface area (Å²) in [6, 6.07) is 2.01. The Kier molecular flexibility index (Phi) is 3.80. The second-order valence-corrected chi connectivity index (χ2v) is 6.17. The number of hydrogen-bond donors (Lipinski definition) is 2. The molecule has 0 bridgehead atoms. The number of nitrogens with one attached hydrogen (secondary N) is 1. The van der Waals surface area contributed by atoms with E-state index >= 15 is 0 Å². The van der Waals surface area contributed by atoms with Gasteiger partial charge in [-0.05, 0) is 31.7 Å². The zero-order valence-corrected chi connectivity index (χ0v) is 12.4. The summed E-state index contributed by atoms with van der Waals surface area (Å²) in [4.78, 5) is 0. The van der Waals surface area contributed by atoms with Crippen LogP contribution in [0.1, 0.15) is 25.7 Å². The largest absolute Gasteiger partial charge is 0.393 e. The van der Waals surface area contributed by atoms with Crippen molar-refractivity contribution in [3.63, 3.8) is 0 Å². The van der Waals surface area contributed by atoms with Gasteiger partial charge in [-0.2, -0.15) is 8.73 Å². The fourth-order valence-corrected chi connectivity index (χ4v) is 3.60. The second-order valence-electron chi connectivity index (χ2n) is 4.83. The van der Waals surface area contributed by atoms with Gasteiger partial charge in [0.05, 0.1) is 33.2 Å². The quantitative estimate of drug-likeness (QED) is 0.860. The Balaban J connectivity index is 1.86. The number of hydrogen-bond acceptors (Lipinski definition) is 4. The van der Waals surface area contributed by atoms with Crippen LogP contribution in [0.15, 0.2) is 14.8 Å². The third-order valence-corrected chi connectivity index (χ3v) is 4.60. The average Bonchev–Trinajstić information content (AvgIpc) is 2.86. The highest BCUT2D eigenvalue weighted by Crippen LogP contribution is 2.48. The maximum Gasteiger partial charge on any atom is 0.130 e. The molecule has 0 saturated heterocycles. The molecule has 1 aromatic carbocycles. The third kappa shape index (κ3) is 2.65. The highest BCUT2D eigenvalue weighted by molar-refractivity contribution is 7.58. The minimum Gasteiger partial charge on any atom is -0.393 e. The van der Waals surface area contributed by atoms with E-state index in [2.05, 4.69) is 14.0 Å². The first-order valence-electron chi connectivity index (χ1n) is 6.20. The van der Waals surface area contributed by atoms with E-state index in [-0.39, 0.29) is 6.10 Å². The molecule has 7 heteroatoms. The first-order chi connectivity index (χ1) is 9.15. The van der Waals surface area contributed by atoms with Gasteiger partial charge in [0, 0.05) is 6.04 Å². The summed E-state index contributed by atoms with van der Waals surface area (Å²) in [5.74, 6) is 0. The number of halogens is 2. The summed E-state index contributed by atoms with van der Waals surface area (Å²) in [6.07, 6.45) is 3.33. The second kappa shape index (κ2) is 5.40. The molecule has 1 heterocycles. The lowest BCUT2D eigenvalue weighted by molar-refractivity contribution is 0.126. The zero-order chi connectivity index (χ0) is 13.4. The van der Waals surface area contributed by atoms with Gasteiger partial charge in [-0.1, -0.05) is 23.2 Å². The van der Waals surface area contributed by atoms with E-state index < -0.39 is 0 Å². The first-order valence-corrected chi connectivity index (χ1v) is 7.68. The van der Waals surface area contributed by atoms with Crippen molar-refractivity contribution in [3.8, 4) is 0 Å². The van der Waals surface area contributed by atoms with Gasteiger partial charge in [0.1, 0.15) is 11.4 Å². The molecule has 1 aliphatic carbocycles. The standard InChI is InChI=1S/C12H13Cl2N3OS/c13-8-5-9(14)11-12(17-19-16-11)10(8)15-6-1-3-7(18)4-2-6/h5-7,15,18H,1-4H2. The number of fused-ring (bicyclic) bond motifs is 1. The summed E-state index contributed by atoms with van der Waals surface area (Å²) in [5, 5.41) is 14.1. The van der Waals surface area contributed by atoms with Gasteiger partial charge in [0.15, 0.2) is 0 Å². The van der Waals surface area contributed by atoms with Crippen LogP contribution in [0, 0.1) is 0 Å². The van der Waals surface area contributed by atoms with Crippen molar-refractivity contribution in [2.45, 2.75) is 37.8 Å². The van der Waals surface area contributed by atoms with Crippen LogP contribution in [0.3, 0.4) is 0 Å². The van der Waals surface area contributed by atoms with Crippen LogP contribution in [-0.4, -0.2) is 17.3 Å². The SMILES string of the molecule is OC1CCC(Nc2c(Cl)cc(Cl)c3c2N=S=N3)CC1. The van der Waals surface area contributed by atoms with Gasteiger partial charge in [-0.15, -0.1) is 0 Å². The molecular formula is C12H13Cl2N3OS. The van der Waals surface area contributed by atoms with Crippen LogP contribution < -0.4 is 5.32 Å². The van der Waals surface area contributed by atoms with Crippen molar-refractivity contribution in [1.82, 2.24) is 0 Å². The molecule has 2 aliphatic rings. The maximum atomic E-state index is 9.53. The van der Waals surface area contributed by atoms with E-state index in [0.717, 1.165) is 48.4 Å². The van der Waals surface area contributed by atoms with Gasteiger partial charge < -0.3 is 10.4 Å². The van der Waals surface area contributed by atoms with Crippen LogP contribution in [0.2, 0.25) is 10.0 Å². The molecule has 1 fully saturated rings. The molecule has 1 aromatic rings. The van der Waals surface area contributed by atoms with Gasteiger partial charge in [0.2, 0.25) is 0 Å². The molecule has 1 saturated carbocycles. The topological polar surface area (TPSA) is 57.0 Å². The summed E-state index contributed by atoms with van der Waals surface area (Å²) in [7, 11) is 0. The molecule has 0 aromatic heterocycles. The van der Waals surface area contributed by atoms with E-state index in [1.165, 1.54) is 0 Å². The smallest absolute Gasteiger partial charge is 0.130 e. The lowest BCUT2D eigenvalue weighted by Crippen LogP contribution is -2.28. The lowest BCUT2D eigenvalue weighted by Gasteiger charge is -2.27. The Morgan fingerprint density at radius 3 is 2.53 bits per heavy atom. The monoisotopic (exact) mass is 317 g/mol. The minimum absolute atomic E-state index is 0.167. The van der Waals surface area contributed by atoms with E-state index in [1.807, 2.05) is 0 Å². The highest BCUT2D eigenvalue weighted by atomic mass is 35.5. The van der Waals surface area contributed by atoms with Crippen LogP contribution in [-0.2, 0) is 11.4 Å². The Hall–Kier alpha value is -0.620. The minimum atomic E-state index is -0.167. The Morgan fingerprint density at radius 1 is 1.11 bits per heavy atom. The summed E-state index contributed by atoms with van der Waals surface area (Å²) < 4.78 is 8.46. The summed E-state index contributed by atoms with van der Waals surface area (Å²) >= 11 is 13.5. The number of benzene rings is 1. The van der Waals surface area contributed by atoms with Crippen molar-refractivity contribution in [2.24, 2.45) is 8.73 Å². The van der Waals surface area contributed by atoms with Gasteiger partial charge in [-0.25, -0.2) is 0 Å². The molecule has 19 heavy (non-hydrogen) atoms. The number of nitrogens with zero attached hydrogens (tertiary/aromatic N) is 2. The van der Waals surface area contributed by atoms with E-state index in [1.54, 1.807) is 6.07 Å². The molecule has 0 spiro atoms. The van der Waals surface area contributed by atoms with Crippen LogP contribution >= 0.6 is 23.2 Å². The van der Waals surface area contributed by atoms with E-state index in [9.17, 15) is 5.11 Å². The number of anilines is 1. The normalized spacial score (nSPS) is 25.0. The maximum absolute atomic E-state index is 9.53. The van der Waals surface area contributed by atoms with Crippen molar-refractivity contribution in [2.75, 3.05) is 5.32 Å². The molecule has 2 N–H and O–H groups in total. The van der Waals surface area contributed by atoms with Gasteiger partial charge in [0.25, 0.3) is 0 Å². The predicted molar refractivity (Wildman–Crippen MR) is 79.9 cm³/mol. The van der Waals surface area contributed by atoms with Crippen LogP contribution in [0.25, 0.3) is 0 Å². The lowest BCUT2D eigenvalue weighted by atomic mass is 9.93. The molecule has 102 valence electrons.